The molecule has 4 amide bonds. The van der Waals surface area contributed by atoms with Crippen LogP contribution in [0.1, 0.15) is 24.8 Å². The van der Waals surface area contributed by atoms with Crippen LogP contribution < -0.4 is 38.9 Å². The molecular formula is C24H35N9O6S. The highest BCUT2D eigenvalue weighted by Crippen LogP contribution is 2.19. The molecule has 0 aliphatic heterocycles. The van der Waals surface area contributed by atoms with Crippen LogP contribution in [0.15, 0.2) is 35.5 Å². The van der Waals surface area contributed by atoms with Gasteiger partial charge in [0.2, 0.25) is 23.6 Å². The summed E-state index contributed by atoms with van der Waals surface area (Å²) in [6.45, 7) is 0.123. The number of primary amides is 1. The third kappa shape index (κ3) is 9.77. The zero-order chi connectivity index (χ0) is 29.8. The van der Waals surface area contributed by atoms with Crippen LogP contribution in [0.3, 0.4) is 0 Å². The number of benzene rings is 1. The maximum Gasteiger partial charge on any atom is 0.326 e. The van der Waals surface area contributed by atoms with Crippen molar-refractivity contribution < 1.29 is 29.1 Å². The number of para-hydroxylation sites is 1. The zero-order valence-corrected chi connectivity index (χ0v) is 22.5. The Morgan fingerprint density at radius 2 is 1.57 bits per heavy atom. The molecule has 1 aromatic heterocycles. The van der Waals surface area contributed by atoms with Crippen molar-refractivity contribution in [3.8, 4) is 0 Å². The first-order valence-corrected chi connectivity index (χ1v) is 12.9. The lowest BCUT2D eigenvalue weighted by atomic mass is 10.0. The van der Waals surface area contributed by atoms with Crippen LogP contribution in [0.5, 0.6) is 0 Å². The van der Waals surface area contributed by atoms with Gasteiger partial charge in [-0.3, -0.25) is 24.2 Å². The number of carbonyl (C=O) groups excluding carboxylic acids is 4. The number of fused-ring (bicyclic) bond motifs is 1. The number of nitrogens with zero attached hydrogens (tertiary/aromatic N) is 1. The standard InChI is InChI=1S/C24H35N9O6S/c25-14(11-40)20(35)32-17(8-12-10-30-15-5-2-1-4-13(12)15)22(37)31-16(6-3-7-29-24(27)28)21(36)33-18(23(38)39)9-19(26)34/h1-2,4-5,10,14,16-18,30,40H,3,6-9,11,25H2,(H2,26,34)(H,31,37)(H,32,35)(H,33,36)(H,38,39)(H4,27,28,29). The van der Waals surface area contributed by atoms with E-state index in [1.54, 1.807) is 6.20 Å². The van der Waals surface area contributed by atoms with Crippen molar-refractivity contribution in [3.63, 3.8) is 0 Å². The minimum atomic E-state index is -1.61. The zero-order valence-electron chi connectivity index (χ0n) is 21.6. The molecule has 4 atom stereocenters. The first-order chi connectivity index (χ1) is 18.9. The molecule has 0 bridgehead atoms. The SMILES string of the molecule is NC(=O)CC(NC(=O)C(CCCN=C(N)N)NC(=O)C(Cc1c[nH]c2ccccc12)NC(=O)C(N)CS)C(=O)O. The van der Waals surface area contributed by atoms with Gasteiger partial charge in [0, 0.05) is 35.8 Å². The molecule has 0 radical (unpaired) electrons. The van der Waals surface area contributed by atoms with Gasteiger partial charge in [0.05, 0.1) is 12.5 Å². The van der Waals surface area contributed by atoms with Gasteiger partial charge in [0.1, 0.15) is 18.1 Å². The molecule has 1 heterocycles. The predicted octanol–water partition coefficient (Wildman–Crippen LogP) is -2.56. The van der Waals surface area contributed by atoms with Crippen LogP contribution in [0, 0.1) is 0 Å². The van der Waals surface area contributed by atoms with Crippen LogP contribution in [0.4, 0.5) is 0 Å². The first kappa shape index (κ1) is 31.9. The number of carboxylic acid groups (broad SMARTS) is 1. The quantitative estimate of drug-likeness (QED) is 0.0434. The molecule has 0 aliphatic rings. The summed E-state index contributed by atoms with van der Waals surface area (Å²) in [4.78, 5) is 68.9. The van der Waals surface area contributed by atoms with Crippen LogP contribution >= 0.6 is 12.6 Å². The van der Waals surface area contributed by atoms with E-state index in [1.165, 1.54) is 0 Å². The summed E-state index contributed by atoms with van der Waals surface area (Å²) < 4.78 is 0. The average Bonchev–Trinajstić information content (AvgIpc) is 3.31. The molecule has 0 saturated carbocycles. The third-order valence-electron chi connectivity index (χ3n) is 5.86. The largest absolute Gasteiger partial charge is 0.480 e. The lowest BCUT2D eigenvalue weighted by Gasteiger charge is -2.25. The van der Waals surface area contributed by atoms with E-state index in [0.717, 1.165) is 16.5 Å². The Labute approximate surface area is 235 Å². The van der Waals surface area contributed by atoms with Crippen molar-refractivity contribution in [1.82, 2.24) is 20.9 Å². The van der Waals surface area contributed by atoms with E-state index in [4.69, 9.17) is 22.9 Å². The molecular weight excluding hydrogens is 542 g/mol. The number of hydrogen-bond acceptors (Lipinski definition) is 8. The van der Waals surface area contributed by atoms with Gasteiger partial charge < -0.3 is 49.0 Å². The molecule has 1 aromatic carbocycles. The number of hydrogen-bond donors (Lipinski definition) is 10. The van der Waals surface area contributed by atoms with Crippen molar-refractivity contribution >= 4 is 59.1 Å². The Balaban J connectivity index is 2.31. The van der Waals surface area contributed by atoms with Gasteiger partial charge in [-0.1, -0.05) is 18.2 Å². The van der Waals surface area contributed by atoms with Gasteiger partial charge in [0.15, 0.2) is 5.96 Å². The van der Waals surface area contributed by atoms with Crippen molar-refractivity contribution in [2.24, 2.45) is 27.9 Å². The third-order valence-corrected chi connectivity index (χ3v) is 6.26. The van der Waals surface area contributed by atoms with E-state index in [-0.39, 0.29) is 37.5 Å². The lowest BCUT2D eigenvalue weighted by Crippen LogP contribution is -2.58. The second kappa shape index (κ2) is 15.3. The van der Waals surface area contributed by atoms with Gasteiger partial charge in [-0.05, 0) is 24.5 Å². The summed E-state index contributed by atoms with van der Waals surface area (Å²) in [5, 5.41) is 17.6. The minimum Gasteiger partial charge on any atom is -0.480 e. The summed E-state index contributed by atoms with van der Waals surface area (Å²) in [5.74, 6) is -4.80. The van der Waals surface area contributed by atoms with Crippen LogP contribution in [0.25, 0.3) is 10.9 Å². The minimum absolute atomic E-state index is 0.00116. The second-order valence-corrected chi connectivity index (χ2v) is 9.36. The van der Waals surface area contributed by atoms with E-state index in [2.05, 4.69) is 38.6 Å². The van der Waals surface area contributed by atoms with E-state index in [9.17, 15) is 29.1 Å². The van der Waals surface area contributed by atoms with E-state index in [1.807, 2.05) is 24.3 Å². The number of aliphatic carboxylic acids is 1. The molecule has 40 heavy (non-hydrogen) atoms. The van der Waals surface area contributed by atoms with Crippen molar-refractivity contribution in [3.05, 3.63) is 36.0 Å². The maximum atomic E-state index is 13.5. The predicted molar refractivity (Wildman–Crippen MR) is 151 cm³/mol. The number of H-pyrrole nitrogens is 1. The highest BCUT2D eigenvalue weighted by Gasteiger charge is 2.31. The van der Waals surface area contributed by atoms with Crippen LogP contribution in [-0.4, -0.2) is 82.1 Å². The number of aromatic nitrogens is 1. The highest BCUT2D eigenvalue weighted by molar-refractivity contribution is 7.80. The molecule has 13 N–H and O–H groups in total. The molecule has 0 spiro atoms. The summed E-state index contributed by atoms with van der Waals surface area (Å²) in [6.07, 6.45) is 1.32. The van der Waals surface area contributed by atoms with Crippen LogP contribution in [-0.2, 0) is 30.4 Å². The lowest BCUT2D eigenvalue weighted by molar-refractivity contribution is -0.143. The number of guanidine groups is 1. The average molecular weight is 578 g/mol. The number of nitrogens with two attached hydrogens (primary N) is 4. The van der Waals surface area contributed by atoms with Crippen molar-refractivity contribution in [2.45, 2.75) is 49.9 Å². The Hall–Kier alpha value is -4.31. The molecule has 0 aliphatic carbocycles. The normalized spacial score (nSPS) is 13.8. The number of thiol groups is 1. The number of carbonyl (C=O) groups is 5. The molecule has 16 heteroatoms. The Bertz CT molecular complexity index is 1250. The molecule has 0 fully saturated rings. The molecule has 2 rings (SSSR count). The molecule has 218 valence electrons. The van der Waals surface area contributed by atoms with E-state index in [0.29, 0.717) is 0 Å². The van der Waals surface area contributed by atoms with Gasteiger partial charge in [0.25, 0.3) is 0 Å². The fourth-order valence-corrected chi connectivity index (χ4v) is 3.98. The van der Waals surface area contributed by atoms with Gasteiger partial charge in [-0.15, -0.1) is 0 Å². The molecule has 15 nitrogen and oxygen atoms in total. The number of aliphatic imine (C=N–C) groups is 1. The van der Waals surface area contributed by atoms with Crippen molar-refractivity contribution in [2.75, 3.05) is 12.3 Å². The Kier molecular flexibility index (Phi) is 12.2. The van der Waals surface area contributed by atoms with Crippen molar-refractivity contribution in [1.29, 1.82) is 0 Å². The fourth-order valence-electron chi connectivity index (χ4n) is 3.81. The van der Waals surface area contributed by atoms with Gasteiger partial charge in [-0.2, -0.15) is 12.6 Å². The van der Waals surface area contributed by atoms with E-state index < -0.39 is 60.2 Å². The summed E-state index contributed by atoms with van der Waals surface area (Å²) in [5.41, 5.74) is 23.1. The summed E-state index contributed by atoms with van der Waals surface area (Å²) >= 11 is 4.03. The monoisotopic (exact) mass is 577 g/mol. The topological polar surface area (TPSA) is 274 Å². The molecule has 2 aromatic rings. The Morgan fingerprint density at radius 1 is 0.950 bits per heavy atom. The van der Waals surface area contributed by atoms with E-state index >= 15 is 0 Å². The second-order valence-electron chi connectivity index (χ2n) is 8.99. The van der Waals surface area contributed by atoms with Crippen LogP contribution in [0.2, 0.25) is 0 Å². The van der Waals surface area contributed by atoms with Gasteiger partial charge in [-0.25, -0.2) is 4.79 Å². The highest BCUT2D eigenvalue weighted by atomic mass is 32.1. The number of rotatable bonds is 16. The van der Waals surface area contributed by atoms with Gasteiger partial charge >= 0.3 is 5.97 Å². The molecule has 0 saturated heterocycles. The molecule has 4 unspecified atom stereocenters. The fraction of sp³-hybridized carbons (Fsp3) is 0.417. The summed E-state index contributed by atoms with van der Waals surface area (Å²) in [7, 11) is 0. The summed E-state index contributed by atoms with van der Waals surface area (Å²) in [6, 6.07) is 2.33. The number of nitrogens with one attached hydrogen (secondary N) is 4. The number of aromatic amines is 1. The smallest absolute Gasteiger partial charge is 0.326 e. The first-order valence-electron chi connectivity index (χ1n) is 12.3. The number of amides is 4. The Morgan fingerprint density at radius 3 is 2.20 bits per heavy atom. The maximum absolute atomic E-state index is 13.5. The number of carboxylic acids is 1.